The maximum absolute atomic E-state index is 12.8. The van der Waals surface area contributed by atoms with Gasteiger partial charge in [-0.15, -0.1) is 0 Å². The molecule has 1 aromatic carbocycles. The second kappa shape index (κ2) is 6.53. The summed E-state index contributed by atoms with van der Waals surface area (Å²) in [5, 5.41) is 0. The van der Waals surface area contributed by atoms with Gasteiger partial charge < -0.3 is 4.74 Å². The highest BCUT2D eigenvalue weighted by molar-refractivity contribution is 7.89. The molecule has 1 aromatic rings. The monoisotopic (exact) mass is 347 g/mol. The van der Waals surface area contributed by atoms with Gasteiger partial charge in [0.1, 0.15) is 0 Å². The number of carbonyl (C=O) groups excluding carboxylic acids is 1. The summed E-state index contributed by atoms with van der Waals surface area (Å²) in [5.41, 5.74) is 3.62. The fourth-order valence-electron chi connectivity index (χ4n) is 3.25. The molecule has 0 fully saturated rings. The number of methoxy groups -OCH3 is 1. The van der Waals surface area contributed by atoms with Crippen molar-refractivity contribution in [3.05, 3.63) is 52.6 Å². The first-order chi connectivity index (χ1) is 11.4. The highest BCUT2D eigenvalue weighted by atomic mass is 32.2. The molecule has 2 aliphatic rings. The normalized spacial score (nSPS) is 18.8. The molecule has 0 spiro atoms. The van der Waals surface area contributed by atoms with Gasteiger partial charge in [0, 0.05) is 13.1 Å². The summed E-state index contributed by atoms with van der Waals surface area (Å²) in [6.07, 6.45) is 3.97. The zero-order valence-corrected chi connectivity index (χ0v) is 14.7. The van der Waals surface area contributed by atoms with Gasteiger partial charge in [0.15, 0.2) is 0 Å². The molecule has 6 heteroatoms. The molecule has 0 amide bonds. The van der Waals surface area contributed by atoms with E-state index < -0.39 is 10.0 Å². The van der Waals surface area contributed by atoms with Crippen molar-refractivity contribution >= 4 is 16.0 Å². The molecule has 5 nitrogen and oxygen atoms in total. The van der Waals surface area contributed by atoms with Crippen LogP contribution in [-0.4, -0.2) is 38.9 Å². The maximum Gasteiger partial charge on any atom is 0.337 e. The summed E-state index contributed by atoms with van der Waals surface area (Å²) in [5.74, 6) is -0.336. The summed E-state index contributed by atoms with van der Waals surface area (Å²) in [6, 6.07) is 6.91. The number of nitrogens with zero attached hydrogens (tertiary/aromatic N) is 1. The number of esters is 1. The molecule has 1 aliphatic heterocycles. The second-order valence-electron chi connectivity index (χ2n) is 6.13. The SMILES string of the molecule is COC(=O)C1=CCCC2=C1CCN(S(=O)(=O)c1ccc(C)cc1)C2. The van der Waals surface area contributed by atoms with Crippen LogP contribution in [0.1, 0.15) is 24.8 Å². The van der Waals surface area contributed by atoms with Crippen molar-refractivity contribution in [3.8, 4) is 0 Å². The van der Waals surface area contributed by atoms with E-state index in [1.807, 2.05) is 13.0 Å². The van der Waals surface area contributed by atoms with Crippen molar-refractivity contribution in [2.45, 2.75) is 31.1 Å². The molecule has 0 bridgehead atoms. The third-order valence-electron chi connectivity index (χ3n) is 4.59. The van der Waals surface area contributed by atoms with E-state index in [-0.39, 0.29) is 5.97 Å². The summed E-state index contributed by atoms with van der Waals surface area (Å²) in [6.45, 7) is 2.65. The molecule has 1 aliphatic carbocycles. The van der Waals surface area contributed by atoms with Crippen LogP contribution < -0.4 is 0 Å². The minimum atomic E-state index is -3.51. The second-order valence-corrected chi connectivity index (χ2v) is 8.07. The molecule has 0 N–H and O–H groups in total. The number of allylic oxidation sites excluding steroid dienone is 1. The quantitative estimate of drug-likeness (QED) is 0.789. The van der Waals surface area contributed by atoms with E-state index in [1.54, 1.807) is 24.3 Å². The van der Waals surface area contributed by atoms with Crippen LogP contribution in [-0.2, 0) is 19.6 Å². The Balaban J connectivity index is 1.87. The molecule has 24 heavy (non-hydrogen) atoms. The molecule has 0 saturated heterocycles. The van der Waals surface area contributed by atoms with Gasteiger partial charge in [-0.1, -0.05) is 29.3 Å². The van der Waals surface area contributed by atoms with Crippen LogP contribution in [0.3, 0.4) is 0 Å². The standard InChI is InChI=1S/C18H21NO4S/c1-13-6-8-15(9-7-13)24(21,22)19-11-10-16-14(12-19)4-3-5-17(16)18(20)23-2/h5-9H,3-4,10-12H2,1-2H3. The van der Waals surface area contributed by atoms with Crippen LogP contribution in [0.15, 0.2) is 52.0 Å². The minimum Gasteiger partial charge on any atom is -0.465 e. The third kappa shape index (κ3) is 3.03. The van der Waals surface area contributed by atoms with E-state index in [4.69, 9.17) is 4.74 Å². The van der Waals surface area contributed by atoms with Crippen LogP contribution in [0.2, 0.25) is 0 Å². The van der Waals surface area contributed by atoms with Crippen LogP contribution >= 0.6 is 0 Å². The first-order valence-electron chi connectivity index (χ1n) is 8.00. The lowest BCUT2D eigenvalue weighted by molar-refractivity contribution is -0.135. The lowest BCUT2D eigenvalue weighted by atomic mass is 9.87. The van der Waals surface area contributed by atoms with E-state index in [2.05, 4.69) is 0 Å². The zero-order valence-electron chi connectivity index (χ0n) is 13.9. The Bertz CT molecular complexity index is 819. The number of sulfonamides is 1. The van der Waals surface area contributed by atoms with Crippen molar-refractivity contribution in [2.24, 2.45) is 0 Å². The molecule has 0 aromatic heterocycles. The van der Waals surface area contributed by atoms with E-state index in [9.17, 15) is 13.2 Å². The molecule has 3 rings (SSSR count). The summed E-state index contributed by atoms with van der Waals surface area (Å²) in [7, 11) is -2.14. The van der Waals surface area contributed by atoms with E-state index in [0.717, 1.165) is 29.6 Å². The van der Waals surface area contributed by atoms with Crippen molar-refractivity contribution < 1.29 is 17.9 Å². The largest absolute Gasteiger partial charge is 0.465 e. The highest BCUT2D eigenvalue weighted by Crippen LogP contribution is 2.34. The number of hydrogen-bond donors (Lipinski definition) is 0. The predicted molar refractivity (Wildman–Crippen MR) is 90.9 cm³/mol. The zero-order chi connectivity index (χ0) is 17.3. The van der Waals surface area contributed by atoms with Crippen molar-refractivity contribution in [2.75, 3.05) is 20.2 Å². The van der Waals surface area contributed by atoms with Gasteiger partial charge in [0.2, 0.25) is 10.0 Å². The molecular formula is C18H21NO4S. The van der Waals surface area contributed by atoms with Gasteiger partial charge >= 0.3 is 5.97 Å². The number of carbonyl (C=O) groups is 1. The predicted octanol–water partition coefficient (Wildman–Crippen LogP) is 2.58. The summed E-state index contributed by atoms with van der Waals surface area (Å²) >= 11 is 0. The van der Waals surface area contributed by atoms with Gasteiger partial charge in [-0.3, -0.25) is 0 Å². The number of rotatable bonds is 3. The minimum absolute atomic E-state index is 0.316. The number of benzene rings is 1. The van der Waals surface area contributed by atoms with Crippen molar-refractivity contribution in [3.63, 3.8) is 0 Å². The molecular weight excluding hydrogens is 326 g/mol. The van der Waals surface area contributed by atoms with E-state index in [1.165, 1.54) is 11.4 Å². The lowest BCUT2D eigenvalue weighted by Gasteiger charge is -2.32. The summed E-state index contributed by atoms with van der Waals surface area (Å²) < 4.78 is 32.0. The number of ether oxygens (including phenoxy) is 1. The fourth-order valence-corrected chi connectivity index (χ4v) is 4.69. The van der Waals surface area contributed by atoms with Crippen molar-refractivity contribution in [1.82, 2.24) is 4.31 Å². The number of hydrogen-bond acceptors (Lipinski definition) is 4. The topological polar surface area (TPSA) is 63.7 Å². The van der Waals surface area contributed by atoms with Gasteiger partial charge in [-0.05, 0) is 43.9 Å². The molecule has 1 heterocycles. The Morgan fingerprint density at radius 3 is 2.54 bits per heavy atom. The molecule has 0 saturated carbocycles. The Morgan fingerprint density at radius 2 is 1.88 bits per heavy atom. The first-order valence-corrected chi connectivity index (χ1v) is 9.44. The summed E-state index contributed by atoms with van der Waals surface area (Å²) in [4.78, 5) is 12.2. The Kier molecular flexibility index (Phi) is 4.60. The smallest absolute Gasteiger partial charge is 0.337 e. The molecule has 128 valence electrons. The Hall–Kier alpha value is -1.92. The maximum atomic E-state index is 12.8. The van der Waals surface area contributed by atoms with Crippen LogP contribution in [0.25, 0.3) is 0 Å². The molecule has 0 unspecified atom stereocenters. The van der Waals surface area contributed by atoms with Crippen LogP contribution in [0.5, 0.6) is 0 Å². The Labute approximate surface area is 142 Å². The Morgan fingerprint density at radius 1 is 1.17 bits per heavy atom. The van der Waals surface area contributed by atoms with Gasteiger partial charge in [0.25, 0.3) is 0 Å². The average molecular weight is 347 g/mol. The highest BCUT2D eigenvalue weighted by Gasteiger charge is 2.32. The van der Waals surface area contributed by atoms with Gasteiger partial charge in [-0.25, -0.2) is 13.2 Å². The van der Waals surface area contributed by atoms with Crippen LogP contribution in [0, 0.1) is 6.92 Å². The van der Waals surface area contributed by atoms with Gasteiger partial charge in [-0.2, -0.15) is 4.31 Å². The lowest BCUT2D eigenvalue weighted by Crippen LogP contribution is -2.38. The molecule has 0 radical (unpaired) electrons. The fraction of sp³-hybridized carbons (Fsp3) is 0.389. The van der Waals surface area contributed by atoms with Crippen molar-refractivity contribution in [1.29, 1.82) is 0 Å². The average Bonchev–Trinajstić information content (AvgIpc) is 2.60. The van der Waals surface area contributed by atoms with E-state index in [0.29, 0.717) is 30.0 Å². The number of aryl methyl sites for hydroxylation is 1. The van der Waals surface area contributed by atoms with Crippen LogP contribution in [0.4, 0.5) is 0 Å². The molecule has 0 atom stereocenters. The third-order valence-corrected chi connectivity index (χ3v) is 6.45. The first kappa shape index (κ1) is 16.9. The van der Waals surface area contributed by atoms with E-state index >= 15 is 0 Å². The van der Waals surface area contributed by atoms with Gasteiger partial charge in [0.05, 0.1) is 17.6 Å².